The van der Waals surface area contributed by atoms with Gasteiger partial charge in [-0.05, 0) is 35.4 Å². The summed E-state index contributed by atoms with van der Waals surface area (Å²) in [6.45, 7) is 1.41. The van der Waals surface area contributed by atoms with E-state index >= 15 is 0 Å². The van der Waals surface area contributed by atoms with Crippen LogP contribution in [0.3, 0.4) is 0 Å². The molecule has 0 saturated carbocycles. The molecule has 8 heteroatoms. The third kappa shape index (κ3) is 5.75. The van der Waals surface area contributed by atoms with Gasteiger partial charge in [-0.3, -0.25) is 4.79 Å². The smallest absolute Gasteiger partial charge is 0.229 e. The van der Waals surface area contributed by atoms with Crippen LogP contribution < -0.4 is 14.4 Å². The lowest BCUT2D eigenvalue weighted by molar-refractivity contribution is -0.131. The molecular formula is C30H29FN4O3. The molecule has 0 N–H and O–H groups in total. The summed E-state index contributed by atoms with van der Waals surface area (Å²) in [4.78, 5) is 26.4. The molecule has 0 aliphatic carbocycles. The number of para-hydroxylation sites is 1. The fourth-order valence-electron chi connectivity index (χ4n) is 4.47. The molecule has 1 aliphatic heterocycles. The summed E-state index contributed by atoms with van der Waals surface area (Å²) >= 11 is 0. The molecule has 0 bridgehead atoms. The number of halogens is 1. The molecule has 0 atom stereocenters. The molecule has 0 radical (unpaired) electrons. The van der Waals surface area contributed by atoms with Crippen LogP contribution in [0.5, 0.6) is 17.4 Å². The van der Waals surface area contributed by atoms with Gasteiger partial charge in [-0.25, -0.2) is 9.37 Å². The fraction of sp³-hybridized carbons (Fsp3) is 0.233. The van der Waals surface area contributed by atoms with Gasteiger partial charge in [0.25, 0.3) is 0 Å². The van der Waals surface area contributed by atoms with E-state index < -0.39 is 5.82 Å². The normalized spacial score (nSPS) is 12.6. The van der Waals surface area contributed by atoms with Crippen molar-refractivity contribution in [2.45, 2.75) is 25.9 Å². The van der Waals surface area contributed by atoms with Crippen molar-refractivity contribution < 1.29 is 18.7 Å². The van der Waals surface area contributed by atoms with Crippen molar-refractivity contribution in [3.05, 3.63) is 107 Å². The number of carbonyl (C=O) groups is 1. The van der Waals surface area contributed by atoms with Gasteiger partial charge in [-0.2, -0.15) is 4.98 Å². The standard InChI is InChI=1S/C30H29FN4O3/c1-34(19-21-9-4-3-5-10-21)30-32-26-15-16-35(28(36)18-22-11-8-12-23(17-22)37-2)20-24(26)29(33-30)38-27-14-7-6-13-25(27)31/h3-14,17H,15-16,18-20H2,1-2H3. The van der Waals surface area contributed by atoms with Gasteiger partial charge in [0, 0.05) is 26.6 Å². The highest BCUT2D eigenvalue weighted by Crippen LogP contribution is 2.32. The Morgan fingerprint density at radius 2 is 1.76 bits per heavy atom. The minimum absolute atomic E-state index is 0.0222. The van der Waals surface area contributed by atoms with Crippen LogP contribution in [0.1, 0.15) is 22.4 Å². The number of anilines is 1. The van der Waals surface area contributed by atoms with Gasteiger partial charge in [0.1, 0.15) is 5.75 Å². The predicted octanol–water partition coefficient (Wildman–Crippen LogP) is 5.18. The lowest BCUT2D eigenvalue weighted by Gasteiger charge is -2.30. The van der Waals surface area contributed by atoms with Crippen molar-refractivity contribution in [3.63, 3.8) is 0 Å². The molecule has 0 spiro atoms. The van der Waals surface area contributed by atoms with Crippen molar-refractivity contribution in [1.29, 1.82) is 0 Å². The first-order valence-corrected chi connectivity index (χ1v) is 12.5. The Morgan fingerprint density at radius 3 is 2.55 bits per heavy atom. The van der Waals surface area contributed by atoms with Gasteiger partial charge in [-0.15, -0.1) is 0 Å². The summed E-state index contributed by atoms with van der Waals surface area (Å²) in [5.74, 6) is 1.01. The summed E-state index contributed by atoms with van der Waals surface area (Å²) in [6.07, 6.45) is 0.788. The maximum Gasteiger partial charge on any atom is 0.229 e. The molecule has 1 aromatic heterocycles. The Labute approximate surface area is 221 Å². The number of carbonyl (C=O) groups excluding carboxylic acids is 1. The zero-order valence-electron chi connectivity index (χ0n) is 21.4. The second kappa shape index (κ2) is 11.3. The molecule has 1 aliphatic rings. The van der Waals surface area contributed by atoms with Gasteiger partial charge in [0.15, 0.2) is 11.6 Å². The lowest BCUT2D eigenvalue weighted by Crippen LogP contribution is -2.38. The third-order valence-corrected chi connectivity index (χ3v) is 6.50. The molecule has 0 unspecified atom stereocenters. The second-order valence-electron chi connectivity index (χ2n) is 9.22. The number of benzene rings is 3. The Bertz CT molecular complexity index is 1430. The lowest BCUT2D eigenvalue weighted by atomic mass is 10.0. The molecule has 0 saturated heterocycles. The van der Waals surface area contributed by atoms with Crippen LogP contribution in [-0.2, 0) is 30.7 Å². The van der Waals surface area contributed by atoms with E-state index in [-0.39, 0.29) is 30.5 Å². The maximum atomic E-state index is 14.5. The van der Waals surface area contributed by atoms with Gasteiger partial charge >= 0.3 is 0 Å². The van der Waals surface area contributed by atoms with Crippen molar-refractivity contribution in [1.82, 2.24) is 14.9 Å². The number of amides is 1. The van der Waals surface area contributed by atoms with E-state index in [4.69, 9.17) is 19.4 Å². The average Bonchev–Trinajstić information content (AvgIpc) is 2.94. The van der Waals surface area contributed by atoms with Crippen molar-refractivity contribution in [2.75, 3.05) is 25.6 Å². The summed E-state index contributed by atoms with van der Waals surface area (Å²) < 4.78 is 25.8. The molecule has 3 aromatic carbocycles. The van der Waals surface area contributed by atoms with Gasteiger partial charge in [0.05, 0.1) is 31.3 Å². The molecule has 0 fully saturated rings. The fourth-order valence-corrected chi connectivity index (χ4v) is 4.47. The highest BCUT2D eigenvalue weighted by Gasteiger charge is 2.28. The molecule has 5 rings (SSSR count). The summed E-state index contributed by atoms with van der Waals surface area (Å²) in [6, 6.07) is 23.7. The van der Waals surface area contributed by atoms with Crippen LogP contribution in [0.2, 0.25) is 0 Å². The number of fused-ring (bicyclic) bond motifs is 1. The van der Waals surface area contributed by atoms with E-state index in [1.807, 2.05) is 66.5 Å². The Kier molecular flexibility index (Phi) is 7.49. The predicted molar refractivity (Wildman–Crippen MR) is 143 cm³/mol. The SMILES string of the molecule is COc1cccc(CC(=O)N2CCc3nc(N(C)Cc4ccccc4)nc(Oc4ccccc4F)c3C2)c1. The first-order valence-electron chi connectivity index (χ1n) is 12.5. The monoisotopic (exact) mass is 512 g/mol. The minimum atomic E-state index is -0.485. The van der Waals surface area contributed by atoms with E-state index in [0.717, 1.165) is 16.8 Å². The quantitative estimate of drug-likeness (QED) is 0.324. The summed E-state index contributed by atoms with van der Waals surface area (Å²) in [5.41, 5.74) is 3.47. The zero-order chi connectivity index (χ0) is 26.5. The van der Waals surface area contributed by atoms with Crippen molar-refractivity contribution in [3.8, 4) is 17.4 Å². The number of hydrogen-bond acceptors (Lipinski definition) is 6. The van der Waals surface area contributed by atoms with Crippen LogP contribution in [0.15, 0.2) is 78.9 Å². The zero-order valence-corrected chi connectivity index (χ0v) is 21.4. The molecular weight excluding hydrogens is 483 g/mol. The third-order valence-electron chi connectivity index (χ3n) is 6.50. The Morgan fingerprint density at radius 1 is 1.00 bits per heavy atom. The van der Waals surface area contributed by atoms with E-state index in [9.17, 15) is 9.18 Å². The van der Waals surface area contributed by atoms with Crippen LogP contribution in [0, 0.1) is 5.82 Å². The van der Waals surface area contributed by atoms with E-state index in [1.165, 1.54) is 6.07 Å². The largest absolute Gasteiger partial charge is 0.497 e. The number of methoxy groups -OCH3 is 1. The number of ether oxygens (including phenoxy) is 2. The molecule has 4 aromatic rings. The minimum Gasteiger partial charge on any atom is -0.497 e. The van der Waals surface area contributed by atoms with Crippen LogP contribution in [-0.4, -0.2) is 41.5 Å². The number of aromatic nitrogens is 2. The average molecular weight is 513 g/mol. The summed E-state index contributed by atoms with van der Waals surface area (Å²) in [7, 11) is 3.51. The molecule has 1 amide bonds. The Hall–Kier alpha value is -4.46. The van der Waals surface area contributed by atoms with Gasteiger partial charge in [-0.1, -0.05) is 54.6 Å². The highest BCUT2D eigenvalue weighted by molar-refractivity contribution is 5.79. The number of nitrogens with zero attached hydrogens (tertiary/aromatic N) is 4. The highest BCUT2D eigenvalue weighted by atomic mass is 19.1. The number of hydrogen-bond donors (Lipinski definition) is 0. The van der Waals surface area contributed by atoms with E-state index in [1.54, 1.807) is 30.2 Å². The van der Waals surface area contributed by atoms with Crippen molar-refractivity contribution >= 4 is 11.9 Å². The van der Waals surface area contributed by atoms with Gasteiger partial charge in [0.2, 0.25) is 17.7 Å². The molecule has 38 heavy (non-hydrogen) atoms. The first-order chi connectivity index (χ1) is 18.5. The second-order valence-corrected chi connectivity index (χ2v) is 9.22. The maximum absolute atomic E-state index is 14.5. The van der Waals surface area contributed by atoms with Crippen LogP contribution in [0.25, 0.3) is 0 Å². The van der Waals surface area contributed by atoms with Gasteiger partial charge < -0.3 is 19.3 Å². The number of rotatable bonds is 8. The van der Waals surface area contributed by atoms with E-state index in [2.05, 4.69) is 0 Å². The van der Waals surface area contributed by atoms with E-state index in [0.29, 0.717) is 36.8 Å². The first kappa shape index (κ1) is 25.2. The van der Waals surface area contributed by atoms with Crippen LogP contribution in [0.4, 0.5) is 10.3 Å². The Balaban J connectivity index is 1.43. The molecule has 7 nitrogen and oxygen atoms in total. The molecule has 194 valence electrons. The van der Waals surface area contributed by atoms with Crippen LogP contribution >= 0.6 is 0 Å². The topological polar surface area (TPSA) is 67.8 Å². The molecule has 2 heterocycles. The summed E-state index contributed by atoms with van der Waals surface area (Å²) in [5, 5.41) is 0. The van der Waals surface area contributed by atoms with Crippen molar-refractivity contribution in [2.24, 2.45) is 0 Å².